The minimum absolute atomic E-state index is 0.0357. The first kappa shape index (κ1) is 43.3. The van der Waals surface area contributed by atoms with Gasteiger partial charge in [0.05, 0.1) is 12.2 Å². The van der Waals surface area contributed by atoms with Gasteiger partial charge in [-0.1, -0.05) is 136 Å². The van der Waals surface area contributed by atoms with Gasteiger partial charge in [0.25, 0.3) is 0 Å². The molecule has 0 amide bonds. The van der Waals surface area contributed by atoms with E-state index >= 15 is 0 Å². The summed E-state index contributed by atoms with van der Waals surface area (Å²) in [6, 6.07) is 0. The van der Waals surface area contributed by atoms with Crippen LogP contribution in [-0.4, -0.2) is 64.6 Å². The van der Waals surface area contributed by atoms with E-state index in [9.17, 15) is 29.7 Å². The first-order valence-electron chi connectivity index (χ1n) is 19.2. The number of carbonyl (C=O) groups excluding carboxylic acids is 3. The lowest BCUT2D eigenvalue weighted by Gasteiger charge is -2.19. The quantitative estimate of drug-likeness (QED) is 0.0398. The van der Waals surface area contributed by atoms with Crippen molar-refractivity contribution in [3.05, 3.63) is 12.2 Å². The Kier molecular flexibility index (Phi) is 25.9. The predicted octanol–water partition coefficient (Wildman–Crippen LogP) is 8.18. The Hall–Kier alpha value is -1.77. The summed E-state index contributed by atoms with van der Waals surface area (Å²) < 4.78 is 10.3. The van der Waals surface area contributed by atoms with Crippen molar-refractivity contribution < 1.29 is 39.2 Å². The number of ether oxygens (including phenoxy) is 2. The van der Waals surface area contributed by atoms with E-state index in [0.717, 1.165) is 70.1 Å². The highest BCUT2D eigenvalue weighted by Gasteiger charge is 2.39. The normalized spacial score (nSPS) is 19.5. The van der Waals surface area contributed by atoms with Crippen molar-refractivity contribution in [2.45, 2.75) is 187 Å². The summed E-state index contributed by atoms with van der Waals surface area (Å²) in [5.74, 6) is -0.337. The maximum atomic E-state index is 12.4. The van der Waals surface area contributed by atoms with Gasteiger partial charge in [-0.3, -0.25) is 14.4 Å². The highest BCUT2D eigenvalue weighted by atomic mass is 16.6. The van der Waals surface area contributed by atoms with Crippen molar-refractivity contribution in [1.29, 1.82) is 0 Å². The van der Waals surface area contributed by atoms with Crippen LogP contribution in [0.25, 0.3) is 0 Å². The second-order valence-electron chi connectivity index (χ2n) is 14.3. The van der Waals surface area contributed by atoms with Crippen LogP contribution in [0.15, 0.2) is 12.2 Å². The molecule has 0 radical (unpaired) electrons. The van der Waals surface area contributed by atoms with E-state index in [1.165, 1.54) is 51.4 Å². The summed E-state index contributed by atoms with van der Waals surface area (Å²) in [4.78, 5) is 36.4. The Morgan fingerprint density at radius 1 is 0.745 bits per heavy atom. The van der Waals surface area contributed by atoms with Crippen molar-refractivity contribution in [3.8, 4) is 0 Å². The van der Waals surface area contributed by atoms with Crippen LogP contribution in [0, 0.1) is 17.8 Å². The number of Topliss-reactive ketones (excluding diaryl/α,β-unsaturated/α-hetero) is 1. The number of aliphatic hydroxyl groups is 3. The zero-order chi connectivity index (χ0) is 34.7. The molecule has 8 nitrogen and oxygen atoms in total. The third-order valence-electron chi connectivity index (χ3n) is 9.34. The molecule has 0 aromatic carbocycles. The van der Waals surface area contributed by atoms with E-state index in [1.807, 2.05) is 0 Å². The molecule has 0 bridgehead atoms. The molecule has 1 rings (SSSR count). The number of rotatable bonds is 30. The Morgan fingerprint density at radius 3 is 1.77 bits per heavy atom. The maximum absolute atomic E-state index is 12.4. The van der Waals surface area contributed by atoms with Crippen molar-refractivity contribution in [1.82, 2.24) is 0 Å². The molecule has 0 aromatic rings. The number of esters is 2. The van der Waals surface area contributed by atoms with Crippen LogP contribution in [0.3, 0.4) is 0 Å². The largest absolute Gasteiger partial charge is 0.463 e. The summed E-state index contributed by atoms with van der Waals surface area (Å²) in [7, 11) is 0. The smallest absolute Gasteiger partial charge is 0.305 e. The van der Waals surface area contributed by atoms with Crippen LogP contribution in [0.5, 0.6) is 0 Å². The molecule has 3 N–H and O–H groups in total. The van der Waals surface area contributed by atoms with Crippen molar-refractivity contribution in [3.63, 3.8) is 0 Å². The van der Waals surface area contributed by atoms with Crippen LogP contribution in [0.2, 0.25) is 0 Å². The van der Waals surface area contributed by atoms with Crippen LogP contribution in [0.4, 0.5) is 0 Å². The molecule has 1 aliphatic rings. The third kappa shape index (κ3) is 23.3. The Morgan fingerprint density at radius 2 is 1.23 bits per heavy atom. The van der Waals surface area contributed by atoms with Gasteiger partial charge in [-0.15, -0.1) is 0 Å². The molecule has 8 heteroatoms. The van der Waals surface area contributed by atoms with Gasteiger partial charge in [-0.05, 0) is 37.5 Å². The van der Waals surface area contributed by atoms with Crippen LogP contribution < -0.4 is 0 Å². The van der Waals surface area contributed by atoms with Crippen molar-refractivity contribution >= 4 is 17.7 Å². The Bertz CT molecular complexity index is 841. The van der Waals surface area contributed by atoms with Gasteiger partial charge < -0.3 is 24.8 Å². The lowest BCUT2D eigenvalue weighted by Crippen LogP contribution is -2.25. The summed E-state index contributed by atoms with van der Waals surface area (Å²) in [6.07, 6.45) is 23.2. The fourth-order valence-corrected chi connectivity index (χ4v) is 6.35. The molecular weight excluding hydrogens is 596 g/mol. The van der Waals surface area contributed by atoms with Crippen LogP contribution >= 0.6 is 0 Å². The van der Waals surface area contributed by atoms with Crippen molar-refractivity contribution in [2.24, 2.45) is 17.8 Å². The highest BCUT2D eigenvalue weighted by molar-refractivity contribution is 5.86. The third-order valence-corrected chi connectivity index (χ3v) is 9.34. The monoisotopic (exact) mass is 667 g/mol. The standard InChI is InChI=1S/C39H70O8/c1-4-5-16-22-32(40)26-27-35-34(36(42)28-37(35)43)23-18-14-15-20-25-39(45)47-30-33(41)29-46-38(44)24-19-13-11-9-7-6-8-10-12-17-21-31(2)3/h26-27,31-36,40-42H,4-25,28-30H2,1-3H3/b27-26+/t32-,33+,34+,35+,36-/m0/s1. The minimum Gasteiger partial charge on any atom is -0.463 e. The molecule has 47 heavy (non-hydrogen) atoms. The lowest BCUT2D eigenvalue weighted by molar-refractivity contribution is -0.152. The van der Waals surface area contributed by atoms with E-state index < -0.39 is 18.3 Å². The molecule has 274 valence electrons. The summed E-state index contributed by atoms with van der Waals surface area (Å²) in [6.45, 7) is 6.32. The predicted molar refractivity (Wildman–Crippen MR) is 188 cm³/mol. The van der Waals surface area contributed by atoms with Gasteiger partial charge in [0.1, 0.15) is 25.1 Å². The first-order valence-corrected chi connectivity index (χ1v) is 19.2. The molecule has 1 saturated carbocycles. The molecule has 0 aliphatic heterocycles. The SMILES string of the molecule is CCCCC[C@H](O)/C=C/[C@H]1C(=O)C[C@H](O)[C@@H]1CCCCCCC(=O)OC[C@H](O)COC(=O)CCCCCCCCCCCCC(C)C. The zero-order valence-electron chi connectivity index (χ0n) is 30.2. The second-order valence-corrected chi connectivity index (χ2v) is 14.3. The van der Waals surface area contributed by atoms with E-state index in [0.29, 0.717) is 19.3 Å². The number of hydrogen-bond acceptors (Lipinski definition) is 8. The minimum atomic E-state index is -1.03. The number of allylic oxidation sites excluding steroid dienone is 1. The van der Waals surface area contributed by atoms with Gasteiger partial charge in [0.2, 0.25) is 0 Å². The summed E-state index contributed by atoms with van der Waals surface area (Å²) >= 11 is 0. The average molecular weight is 667 g/mol. The van der Waals surface area contributed by atoms with E-state index in [1.54, 1.807) is 12.2 Å². The fraction of sp³-hybridized carbons (Fsp3) is 0.872. The molecule has 0 heterocycles. The summed E-state index contributed by atoms with van der Waals surface area (Å²) in [5, 5.41) is 30.6. The van der Waals surface area contributed by atoms with Gasteiger partial charge >= 0.3 is 11.9 Å². The Balaban J connectivity index is 2.03. The highest BCUT2D eigenvalue weighted by Crippen LogP contribution is 2.34. The topological polar surface area (TPSA) is 130 Å². The number of aliphatic hydroxyl groups excluding tert-OH is 3. The first-order chi connectivity index (χ1) is 22.6. The number of carbonyl (C=O) groups is 3. The molecule has 0 spiro atoms. The van der Waals surface area contributed by atoms with Crippen molar-refractivity contribution in [2.75, 3.05) is 13.2 Å². The van der Waals surface area contributed by atoms with Crippen LogP contribution in [0.1, 0.15) is 168 Å². The van der Waals surface area contributed by atoms with E-state index in [2.05, 4.69) is 20.8 Å². The fourth-order valence-electron chi connectivity index (χ4n) is 6.35. The van der Waals surface area contributed by atoms with Gasteiger partial charge in [-0.2, -0.15) is 0 Å². The molecule has 0 saturated heterocycles. The number of ketones is 1. The maximum Gasteiger partial charge on any atom is 0.305 e. The van der Waals surface area contributed by atoms with Crippen LogP contribution in [-0.2, 0) is 23.9 Å². The van der Waals surface area contributed by atoms with Gasteiger partial charge in [-0.25, -0.2) is 0 Å². The average Bonchev–Trinajstić information content (AvgIpc) is 3.30. The molecule has 1 fully saturated rings. The second kappa shape index (κ2) is 28.1. The number of hydrogen-bond donors (Lipinski definition) is 3. The zero-order valence-corrected chi connectivity index (χ0v) is 30.2. The molecule has 5 atom stereocenters. The van der Waals surface area contributed by atoms with Gasteiger partial charge in [0, 0.05) is 25.2 Å². The molecule has 0 unspecified atom stereocenters. The van der Waals surface area contributed by atoms with E-state index in [-0.39, 0.29) is 55.6 Å². The van der Waals surface area contributed by atoms with Gasteiger partial charge in [0.15, 0.2) is 0 Å². The Labute approximate surface area is 286 Å². The molecular formula is C39H70O8. The van der Waals surface area contributed by atoms with E-state index in [4.69, 9.17) is 9.47 Å². The summed E-state index contributed by atoms with van der Waals surface area (Å²) in [5.41, 5.74) is 0. The molecule has 0 aromatic heterocycles. The molecule has 1 aliphatic carbocycles. The number of unbranched alkanes of at least 4 members (excludes halogenated alkanes) is 14. The lowest BCUT2D eigenvalue weighted by atomic mass is 9.88.